The van der Waals surface area contributed by atoms with E-state index in [1.807, 2.05) is 18.2 Å². The Morgan fingerprint density at radius 2 is 1.98 bits per heavy atom. The van der Waals surface area contributed by atoms with Crippen LogP contribution in [0.1, 0.15) is 43.1 Å². The molecule has 0 amide bonds. The first-order valence-corrected chi connectivity index (χ1v) is 16.3. The topological polar surface area (TPSA) is 103 Å². The predicted octanol–water partition coefficient (Wildman–Crippen LogP) is 6.62. The van der Waals surface area contributed by atoms with Gasteiger partial charge in [-0.2, -0.15) is 4.98 Å². The van der Waals surface area contributed by atoms with E-state index in [1.165, 1.54) is 0 Å². The van der Waals surface area contributed by atoms with Gasteiger partial charge in [0, 0.05) is 37.4 Å². The highest BCUT2D eigenvalue weighted by Crippen LogP contribution is 2.65. The molecule has 10 nitrogen and oxygen atoms in total. The molecule has 3 aromatic heterocycles. The number of aromatic amines is 1. The highest BCUT2D eigenvalue weighted by Gasteiger charge is 2.58. The summed E-state index contributed by atoms with van der Waals surface area (Å²) in [6.07, 6.45) is 12.0. The van der Waals surface area contributed by atoms with Crippen molar-refractivity contribution in [1.82, 2.24) is 24.7 Å². The summed E-state index contributed by atoms with van der Waals surface area (Å²) < 4.78 is 26.1. The molecular formula is C34H29ClN6O4S. The van der Waals surface area contributed by atoms with Crippen LogP contribution >= 0.6 is 23.8 Å². The second-order valence-corrected chi connectivity index (χ2v) is 13.3. The van der Waals surface area contributed by atoms with Crippen LogP contribution in [0, 0.1) is 22.6 Å². The number of benzene rings is 2. The van der Waals surface area contributed by atoms with E-state index < -0.39 is 5.79 Å². The molecule has 2 saturated heterocycles. The Morgan fingerprint density at radius 3 is 2.70 bits per heavy atom. The van der Waals surface area contributed by atoms with Gasteiger partial charge in [-0.3, -0.25) is 4.98 Å². The third kappa shape index (κ3) is 4.42. The van der Waals surface area contributed by atoms with Crippen LogP contribution in [-0.2, 0) is 17.1 Å². The molecule has 12 heteroatoms. The minimum absolute atomic E-state index is 0.187. The fraction of sp³-hybridized carbons (Fsp3) is 0.353. The number of piperidine rings is 1. The van der Waals surface area contributed by atoms with Crippen LogP contribution in [-0.4, -0.2) is 50.5 Å². The van der Waals surface area contributed by atoms with Gasteiger partial charge in [0.05, 0.1) is 34.4 Å². The number of H-pyrrole nitrogens is 1. The maximum absolute atomic E-state index is 6.41. The van der Waals surface area contributed by atoms with E-state index in [1.54, 1.807) is 18.3 Å². The lowest BCUT2D eigenvalue weighted by atomic mass is 9.90. The number of nitrogens with one attached hydrogen (secondary N) is 1. The molecule has 46 heavy (non-hydrogen) atoms. The van der Waals surface area contributed by atoms with Crippen molar-refractivity contribution in [3.05, 3.63) is 76.1 Å². The molecule has 4 aliphatic rings. The van der Waals surface area contributed by atoms with Crippen molar-refractivity contribution in [3.63, 3.8) is 0 Å². The van der Waals surface area contributed by atoms with E-state index in [-0.39, 0.29) is 16.4 Å². The van der Waals surface area contributed by atoms with Crippen molar-refractivity contribution in [3.8, 4) is 35.2 Å². The molecule has 3 fully saturated rings. The number of terminal acetylenes is 1. The van der Waals surface area contributed by atoms with Gasteiger partial charge >= 0.3 is 10.6 Å². The molecule has 1 spiro atoms. The third-order valence-corrected chi connectivity index (χ3v) is 10.4. The largest absolute Gasteiger partial charge is 0.433 e. The minimum Gasteiger partial charge on any atom is -0.433 e. The van der Waals surface area contributed by atoms with Crippen molar-refractivity contribution in [2.75, 3.05) is 24.6 Å². The van der Waals surface area contributed by atoms with Crippen LogP contribution in [0.25, 0.3) is 22.4 Å². The molecule has 0 radical (unpaired) electrons. The molecule has 1 saturated carbocycles. The number of rotatable bonds is 6. The summed E-state index contributed by atoms with van der Waals surface area (Å²) in [5.74, 6) is 4.64. The van der Waals surface area contributed by atoms with E-state index in [4.69, 9.17) is 54.0 Å². The summed E-state index contributed by atoms with van der Waals surface area (Å²) in [5.41, 5.74) is 4.63. The lowest BCUT2D eigenvalue weighted by Crippen LogP contribution is -2.36. The second-order valence-electron chi connectivity index (χ2n) is 12.5. The zero-order valence-electron chi connectivity index (χ0n) is 24.7. The standard InChI is InChI=1S/C34H29ClN6O4S/c1-2-34(28-9-7-21(35)18-36-28)43-27-5-3-4-25(29(27)44-34)40-13-11-33(12-14-40)17-23(33)31-37-24-8-6-20(30-38-32(46)45-39-30)16-26(24)41(31)19-22-10-15-42-22/h1,3-9,16,18,22-23H,10-15,17,19H2,(H,38,39,46)/t22-,23+,34+/m1/s1. The molecular weight excluding hydrogens is 624 g/mol. The maximum atomic E-state index is 6.41. The quantitative estimate of drug-likeness (QED) is 0.160. The number of pyridine rings is 1. The summed E-state index contributed by atoms with van der Waals surface area (Å²) in [6.45, 7) is 3.38. The average Bonchev–Trinajstić information content (AvgIpc) is 3.36. The van der Waals surface area contributed by atoms with Crippen LogP contribution in [0.5, 0.6) is 11.5 Å². The number of aromatic nitrogens is 5. The number of para-hydroxylation sites is 1. The smallest absolute Gasteiger partial charge is 0.362 e. The van der Waals surface area contributed by atoms with E-state index in [2.05, 4.69) is 48.7 Å². The van der Waals surface area contributed by atoms with Gasteiger partial charge in [-0.05, 0) is 91.7 Å². The molecule has 2 aromatic carbocycles. The summed E-state index contributed by atoms with van der Waals surface area (Å²) in [7, 11) is 0. The zero-order chi connectivity index (χ0) is 31.0. The number of fused-ring (bicyclic) bond motifs is 2. The van der Waals surface area contributed by atoms with Crippen LogP contribution < -0.4 is 14.4 Å². The van der Waals surface area contributed by atoms with Crippen LogP contribution in [0.2, 0.25) is 5.02 Å². The monoisotopic (exact) mass is 652 g/mol. The summed E-state index contributed by atoms with van der Waals surface area (Å²) in [6, 6.07) is 15.6. The molecule has 3 aliphatic heterocycles. The van der Waals surface area contributed by atoms with Crippen molar-refractivity contribution in [1.29, 1.82) is 0 Å². The van der Waals surface area contributed by atoms with Crippen molar-refractivity contribution >= 4 is 40.5 Å². The van der Waals surface area contributed by atoms with Crippen LogP contribution in [0.3, 0.4) is 0 Å². The van der Waals surface area contributed by atoms with Gasteiger partial charge < -0.3 is 28.2 Å². The highest BCUT2D eigenvalue weighted by molar-refractivity contribution is 7.71. The second kappa shape index (κ2) is 10.3. The normalized spacial score (nSPS) is 24.2. The van der Waals surface area contributed by atoms with Crippen molar-refractivity contribution in [2.45, 2.75) is 50.0 Å². The van der Waals surface area contributed by atoms with E-state index >= 15 is 0 Å². The number of imidazole rings is 1. The van der Waals surface area contributed by atoms with E-state index in [9.17, 15) is 0 Å². The van der Waals surface area contributed by atoms with Crippen molar-refractivity contribution in [2.24, 2.45) is 5.41 Å². The Kier molecular flexibility index (Phi) is 6.26. The molecule has 1 aliphatic carbocycles. The molecule has 3 atom stereocenters. The first kappa shape index (κ1) is 27.9. The van der Waals surface area contributed by atoms with Crippen LogP contribution in [0.15, 0.2) is 59.3 Å². The Bertz CT molecular complexity index is 2090. The molecule has 232 valence electrons. The summed E-state index contributed by atoms with van der Waals surface area (Å²) in [4.78, 5) is 16.5. The fourth-order valence-corrected chi connectivity index (χ4v) is 7.50. The Balaban J connectivity index is 0.971. The fourth-order valence-electron chi connectivity index (χ4n) is 7.25. The molecule has 1 N–H and O–H groups in total. The van der Waals surface area contributed by atoms with Gasteiger partial charge in [0.2, 0.25) is 0 Å². The third-order valence-electron chi connectivity index (χ3n) is 9.98. The summed E-state index contributed by atoms with van der Waals surface area (Å²) >= 11 is 11.1. The highest BCUT2D eigenvalue weighted by atomic mass is 35.5. The first-order chi connectivity index (χ1) is 22.4. The molecule has 6 heterocycles. The summed E-state index contributed by atoms with van der Waals surface area (Å²) in [5, 5.41) is 3.34. The Hall–Kier alpha value is -4.37. The van der Waals surface area contributed by atoms with Gasteiger partial charge in [-0.25, -0.2) is 10.1 Å². The molecule has 5 aromatic rings. The molecule has 9 rings (SSSR count). The van der Waals surface area contributed by atoms with E-state index in [0.29, 0.717) is 34.0 Å². The van der Waals surface area contributed by atoms with E-state index in [0.717, 1.165) is 80.0 Å². The van der Waals surface area contributed by atoms with Crippen molar-refractivity contribution < 1.29 is 18.7 Å². The first-order valence-electron chi connectivity index (χ1n) is 15.5. The van der Waals surface area contributed by atoms with Gasteiger partial charge in [0.25, 0.3) is 0 Å². The van der Waals surface area contributed by atoms with Crippen LogP contribution in [0.4, 0.5) is 5.69 Å². The Morgan fingerprint density at radius 1 is 1.11 bits per heavy atom. The Labute approximate surface area is 274 Å². The number of hydrogen-bond acceptors (Lipinski definition) is 9. The molecule has 0 bridgehead atoms. The minimum atomic E-state index is -1.44. The number of nitrogens with zero attached hydrogens (tertiary/aromatic N) is 5. The van der Waals surface area contributed by atoms with Gasteiger partial charge in [0.15, 0.2) is 17.3 Å². The lowest BCUT2D eigenvalue weighted by molar-refractivity contribution is -0.0590. The van der Waals surface area contributed by atoms with Gasteiger partial charge in [-0.15, -0.1) is 6.42 Å². The maximum Gasteiger partial charge on any atom is 0.362 e. The van der Waals surface area contributed by atoms with Gasteiger partial charge in [-0.1, -0.05) is 17.7 Å². The molecule has 0 unspecified atom stereocenters. The van der Waals surface area contributed by atoms with Gasteiger partial charge in [0.1, 0.15) is 11.5 Å². The number of halogens is 1. The zero-order valence-corrected chi connectivity index (χ0v) is 26.3. The predicted molar refractivity (Wildman–Crippen MR) is 173 cm³/mol. The lowest BCUT2D eigenvalue weighted by Gasteiger charge is -2.35. The number of hydrogen-bond donors (Lipinski definition) is 1. The number of anilines is 1. The number of ether oxygens (including phenoxy) is 3. The SMILES string of the molecule is C#C[C@]1(c2ccc(Cl)cn2)Oc2cccc(N3CCC4(CC3)C[C@H]4c3nc4ccc(-c5nc(=S)o[nH]5)cc4n3C[C@H]3CCO3)c2O1. The average molecular weight is 653 g/mol.